The zero-order valence-electron chi connectivity index (χ0n) is 33.4. The molecule has 51 heavy (non-hydrogen) atoms. The number of carbonyl (C=O) groups excluding carboxylic acids is 1. The van der Waals surface area contributed by atoms with Crippen LogP contribution in [0, 0.1) is 0 Å². The third-order valence-corrected chi connectivity index (χ3v) is 10.8. The lowest BCUT2D eigenvalue weighted by Gasteiger charge is -2.24. The van der Waals surface area contributed by atoms with Gasteiger partial charge in [-0.25, -0.2) is 0 Å². The van der Waals surface area contributed by atoms with Crippen molar-refractivity contribution in [2.24, 2.45) is 0 Å². The van der Waals surface area contributed by atoms with Crippen LogP contribution in [-0.2, 0) is 14.9 Å². The Morgan fingerprint density at radius 3 is 1.27 bits per heavy atom. The average Bonchev–Trinajstić information content (AvgIpc) is 3.09. The van der Waals surface area contributed by atoms with Gasteiger partial charge in [-0.05, 0) is 44.9 Å². The molecule has 3 unspecified atom stereocenters. The van der Waals surface area contributed by atoms with Crippen LogP contribution in [0.5, 0.6) is 0 Å². The summed E-state index contributed by atoms with van der Waals surface area (Å²) in [5.41, 5.74) is 0. The van der Waals surface area contributed by atoms with Crippen molar-refractivity contribution in [3.63, 3.8) is 0 Å². The van der Waals surface area contributed by atoms with Crippen molar-refractivity contribution < 1.29 is 28.0 Å². The van der Waals surface area contributed by atoms with E-state index in [1.807, 2.05) is 0 Å². The fourth-order valence-electron chi connectivity index (χ4n) is 6.67. The van der Waals surface area contributed by atoms with Crippen molar-refractivity contribution in [1.82, 2.24) is 5.32 Å². The molecule has 0 fully saturated rings. The van der Waals surface area contributed by atoms with Crippen LogP contribution in [0.3, 0.4) is 0 Å². The molecule has 0 aromatic rings. The van der Waals surface area contributed by atoms with Gasteiger partial charge in [-0.3, -0.25) is 9.35 Å². The van der Waals surface area contributed by atoms with E-state index in [4.69, 9.17) is 0 Å². The largest absolute Gasteiger partial charge is 0.391 e. The number of aliphatic hydroxyl groups excluding tert-OH is 2. The summed E-state index contributed by atoms with van der Waals surface area (Å²) < 4.78 is 32.5. The smallest absolute Gasteiger partial charge is 0.266 e. The molecule has 302 valence electrons. The maximum absolute atomic E-state index is 12.6. The number of hydrogen-bond acceptors (Lipinski definition) is 5. The summed E-state index contributed by atoms with van der Waals surface area (Å²) in [6.45, 7) is 4.50. The van der Waals surface area contributed by atoms with Crippen LogP contribution in [0.4, 0.5) is 0 Å². The average molecular weight is 742 g/mol. The normalized spacial score (nSPS) is 14.1. The predicted molar refractivity (Wildman–Crippen MR) is 218 cm³/mol. The minimum absolute atomic E-state index is 0.286. The Labute approximate surface area is 316 Å². The number of amides is 1. The van der Waals surface area contributed by atoms with Crippen LogP contribution in [-0.4, -0.2) is 53.1 Å². The Hall–Kier alpha value is -1.22. The molecule has 7 nitrogen and oxygen atoms in total. The maximum atomic E-state index is 12.6. The number of hydrogen-bond donors (Lipinski definition) is 4. The summed E-state index contributed by atoms with van der Waals surface area (Å²) in [7, 11) is -4.41. The van der Waals surface area contributed by atoms with Crippen LogP contribution in [0.2, 0.25) is 0 Å². The third-order valence-electron chi connectivity index (χ3n) is 10.0. The number of aliphatic hydroxyl groups is 2. The Morgan fingerprint density at radius 2 is 0.882 bits per heavy atom. The second kappa shape index (κ2) is 37.1. The molecule has 3 atom stereocenters. The molecule has 0 saturated carbocycles. The highest BCUT2D eigenvalue weighted by molar-refractivity contribution is 7.85. The van der Waals surface area contributed by atoms with Crippen molar-refractivity contribution >= 4 is 16.0 Å². The van der Waals surface area contributed by atoms with E-state index in [0.29, 0.717) is 19.3 Å². The van der Waals surface area contributed by atoms with Gasteiger partial charge in [-0.1, -0.05) is 199 Å². The quantitative estimate of drug-likeness (QED) is 0.0282. The maximum Gasteiger partial charge on any atom is 0.266 e. The van der Waals surface area contributed by atoms with E-state index in [9.17, 15) is 28.0 Å². The molecule has 0 spiro atoms. The molecule has 0 aliphatic heterocycles. The molecule has 0 bridgehead atoms. The second-order valence-corrected chi connectivity index (χ2v) is 16.6. The number of allylic oxidation sites excluding steroid dienone is 4. The molecule has 0 aliphatic rings. The lowest BCUT2D eigenvalue weighted by molar-refractivity contribution is -0.131. The van der Waals surface area contributed by atoms with E-state index in [1.54, 1.807) is 0 Å². The van der Waals surface area contributed by atoms with Crippen LogP contribution in [0.1, 0.15) is 219 Å². The summed E-state index contributed by atoms with van der Waals surface area (Å²) in [4.78, 5) is 12.6. The third kappa shape index (κ3) is 36.9. The Kier molecular flexibility index (Phi) is 36.2. The molecule has 0 aromatic heterocycles. The molecular weight excluding hydrogens is 659 g/mol. The summed E-state index contributed by atoms with van der Waals surface area (Å²) in [6, 6.07) is -1.15. The molecule has 8 heteroatoms. The first-order valence-corrected chi connectivity index (χ1v) is 23.2. The SMILES string of the molecule is CCCCCCCCCCC/C=C\C/C=C\CCCCCCCCC(O)C(=O)NC(CS(=O)(=O)O)C(O)CCCCCCCCCCCCCC. The zero-order valence-corrected chi connectivity index (χ0v) is 34.2. The summed E-state index contributed by atoms with van der Waals surface area (Å²) in [5.74, 6) is -1.46. The first kappa shape index (κ1) is 49.8. The van der Waals surface area contributed by atoms with Crippen LogP contribution in [0.25, 0.3) is 0 Å². The summed E-state index contributed by atoms with van der Waals surface area (Å²) in [5, 5.41) is 23.5. The highest BCUT2D eigenvalue weighted by atomic mass is 32.2. The fourth-order valence-corrected chi connectivity index (χ4v) is 7.43. The van der Waals surface area contributed by atoms with Crippen LogP contribution >= 0.6 is 0 Å². The van der Waals surface area contributed by atoms with Crippen molar-refractivity contribution in [3.8, 4) is 0 Å². The van der Waals surface area contributed by atoms with Gasteiger partial charge in [0.2, 0.25) is 5.91 Å². The number of carbonyl (C=O) groups is 1. The van der Waals surface area contributed by atoms with E-state index in [-0.39, 0.29) is 6.42 Å². The van der Waals surface area contributed by atoms with Gasteiger partial charge in [0.1, 0.15) is 6.10 Å². The van der Waals surface area contributed by atoms with Gasteiger partial charge in [0.25, 0.3) is 10.1 Å². The highest BCUT2D eigenvalue weighted by Crippen LogP contribution is 2.16. The van der Waals surface area contributed by atoms with E-state index >= 15 is 0 Å². The van der Waals surface area contributed by atoms with Crippen molar-refractivity contribution in [3.05, 3.63) is 24.3 Å². The minimum atomic E-state index is -4.41. The molecule has 0 aliphatic carbocycles. The van der Waals surface area contributed by atoms with Crippen molar-refractivity contribution in [2.45, 2.75) is 238 Å². The van der Waals surface area contributed by atoms with Crippen molar-refractivity contribution in [2.75, 3.05) is 5.75 Å². The van der Waals surface area contributed by atoms with Crippen molar-refractivity contribution in [1.29, 1.82) is 0 Å². The lowest BCUT2D eigenvalue weighted by Crippen LogP contribution is -2.50. The van der Waals surface area contributed by atoms with E-state index in [1.165, 1.54) is 122 Å². The summed E-state index contributed by atoms with van der Waals surface area (Å²) in [6.07, 6.45) is 43.4. The van der Waals surface area contributed by atoms with Gasteiger partial charge in [-0.2, -0.15) is 8.42 Å². The highest BCUT2D eigenvalue weighted by Gasteiger charge is 2.28. The molecule has 1 amide bonds. The van der Waals surface area contributed by atoms with E-state index in [0.717, 1.165) is 57.8 Å². The Bertz CT molecular complexity index is 921. The minimum Gasteiger partial charge on any atom is -0.391 e. The Morgan fingerprint density at radius 1 is 0.529 bits per heavy atom. The predicted octanol–water partition coefficient (Wildman–Crippen LogP) is 11.7. The number of unbranched alkanes of at least 4 members (excludes halogenated alkanes) is 26. The molecule has 0 radical (unpaired) electrons. The van der Waals surface area contributed by atoms with Gasteiger partial charge < -0.3 is 15.5 Å². The molecule has 0 heterocycles. The van der Waals surface area contributed by atoms with Gasteiger partial charge in [0.05, 0.1) is 17.9 Å². The standard InChI is InChI=1S/C43H83NO6S/c1-3-5-7-9-11-13-15-17-18-19-20-21-22-23-24-25-26-28-30-32-34-36-38-42(46)43(47)44-40(39-51(48,49)50)41(45)37-35-33-31-29-27-16-14-12-10-8-6-4-2/h20-21,23-24,40-42,45-46H,3-19,22,25-39H2,1-2H3,(H,44,47)(H,48,49,50)/b21-20-,24-23-. The number of nitrogens with one attached hydrogen (secondary N) is 1. The van der Waals surface area contributed by atoms with Gasteiger partial charge in [-0.15, -0.1) is 0 Å². The monoisotopic (exact) mass is 742 g/mol. The molecular formula is C43H83NO6S. The van der Waals surface area contributed by atoms with Crippen LogP contribution < -0.4 is 5.32 Å². The zero-order chi connectivity index (χ0) is 37.7. The topological polar surface area (TPSA) is 124 Å². The lowest BCUT2D eigenvalue weighted by atomic mass is 10.0. The molecule has 0 rings (SSSR count). The van der Waals surface area contributed by atoms with E-state index < -0.39 is 40.0 Å². The molecule has 4 N–H and O–H groups in total. The first-order chi connectivity index (χ1) is 24.7. The van der Waals surface area contributed by atoms with Gasteiger partial charge >= 0.3 is 0 Å². The Balaban J connectivity index is 3.93. The molecule has 0 aromatic carbocycles. The summed E-state index contributed by atoms with van der Waals surface area (Å²) >= 11 is 0. The van der Waals surface area contributed by atoms with E-state index in [2.05, 4.69) is 43.5 Å². The first-order valence-electron chi connectivity index (χ1n) is 21.6. The van der Waals surface area contributed by atoms with Gasteiger partial charge in [0, 0.05) is 0 Å². The molecule has 0 saturated heterocycles. The number of rotatable bonds is 39. The van der Waals surface area contributed by atoms with Crippen LogP contribution in [0.15, 0.2) is 24.3 Å². The second-order valence-electron chi connectivity index (χ2n) is 15.1. The fraction of sp³-hybridized carbons (Fsp3) is 0.884. The van der Waals surface area contributed by atoms with Gasteiger partial charge in [0.15, 0.2) is 0 Å².